The number of hydrogen-bond donors (Lipinski definition) is 2. The van der Waals surface area contributed by atoms with Crippen LogP contribution in [0, 0.1) is 0 Å². The summed E-state index contributed by atoms with van der Waals surface area (Å²) >= 11 is 1.64. The average Bonchev–Trinajstić information content (AvgIpc) is 2.67. The lowest BCUT2D eigenvalue weighted by atomic mass is 10.3. The molecule has 78 valence electrons. The van der Waals surface area contributed by atoms with E-state index in [4.69, 9.17) is 0 Å². The van der Waals surface area contributed by atoms with Gasteiger partial charge in [-0.25, -0.2) is 0 Å². The number of amides is 1. The molecule has 1 rings (SSSR count). The minimum absolute atomic E-state index is 0.0108. The third kappa shape index (κ3) is 3.33. The van der Waals surface area contributed by atoms with Gasteiger partial charge in [0.25, 0.3) is 0 Å². The molecule has 0 saturated heterocycles. The Balaban J connectivity index is 2.33. The van der Waals surface area contributed by atoms with Crippen LogP contribution in [-0.2, 0) is 4.79 Å². The zero-order valence-electron chi connectivity index (χ0n) is 8.15. The second kappa shape index (κ2) is 5.58. The molecule has 7 heteroatoms. The van der Waals surface area contributed by atoms with Crippen LogP contribution in [0.4, 0.5) is 0 Å². The number of hydrogen-bond acceptors (Lipinski definition) is 5. The fourth-order valence-electron chi connectivity index (χ4n) is 0.926. The first-order valence-corrected chi connectivity index (χ1v) is 5.65. The third-order valence-corrected chi connectivity index (χ3v) is 2.27. The largest absolute Gasteiger partial charge is 0.346 e. The fraction of sp³-hybridized carbons (Fsp3) is 0.714. The normalized spacial score (nSPS) is 12.4. The Kier molecular flexibility index (Phi) is 4.37. The van der Waals surface area contributed by atoms with Gasteiger partial charge in [0.2, 0.25) is 5.91 Å². The van der Waals surface area contributed by atoms with E-state index in [-0.39, 0.29) is 11.9 Å². The van der Waals surface area contributed by atoms with Gasteiger partial charge in [-0.3, -0.25) is 4.79 Å². The van der Waals surface area contributed by atoms with E-state index in [1.165, 1.54) is 0 Å². The van der Waals surface area contributed by atoms with E-state index in [9.17, 15) is 4.79 Å². The summed E-state index contributed by atoms with van der Waals surface area (Å²) in [5.41, 5.74) is 0. The molecule has 0 radical (unpaired) electrons. The Morgan fingerprint density at radius 1 is 1.71 bits per heavy atom. The Labute approximate surface area is 86.2 Å². The predicted molar refractivity (Wildman–Crippen MR) is 53.7 cm³/mol. The van der Waals surface area contributed by atoms with Crippen molar-refractivity contribution in [2.75, 3.05) is 12.0 Å². The average molecular weight is 215 g/mol. The number of rotatable bonds is 5. The number of aromatic nitrogens is 4. The van der Waals surface area contributed by atoms with Gasteiger partial charge in [0, 0.05) is 12.2 Å². The van der Waals surface area contributed by atoms with Gasteiger partial charge in [0.1, 0.15) is 0 Å². The minimum Gasteiger partial charge on any atom is -0.346 e. The first-order valence-electron chi connectivity index (χ1n) is 4.25. The Hall–Kier alpha value is -1.11. The summed E-state index contributed by atoms with van der Waals surface area (Å²) in [6.07, 6.45) is 2.49. The molecule has 0 saturated carbocycles. The highest BCUT2D eigenvalue weighted by atomic mass is 32.2. The van der Waals surface area contributed by atoms with E-state index < -0.39 is 0 Å². The number of tetrazole rings is 1. The third-order valence-electron chi connectivity index (χ3n) is 1.66. The summed E-state index contributed by atoms with van der Waals surface area (Å²) in [7, 11) is 0. The number of thioether (sulfide) groups is 1. The van der Waals surface area contributed by atoms with Crippen molar-refractivity contribution in [1.29, 1.82) is 0 Å². The van der Waals surface area contributed by atoms with Crippen LogP contribution >= 0.6 is 11.8 Å². The van der Waals surface area contributed by atoms with Gasteiger partial charge in [-0.2, -0.15) is 17.0 Å². The molecule has 14 heavy (non-hydrogen) atoms. The lowest BCUT2D eigenvalue weighted by Gasteiger charge is -2.08. The molecule has 1 unspecified atom stereocenters. The van der Waals surface area contributed by atoms with Crippen LogP contribution in [-0.4, -0.2) is 38.5 Å². The van der Waals surface area contributed by atoms with Gasteiger partial charge in [-0.1, -0.05) is 5.21 Å². The maximum Gasteiger partial charge on any atom is 0.221 e. The van der Waals surface area contributed by atoms with Crippen LogP contribution in [0.2, 0.25) is 0 Å². The highest BCUT2D eigenvalue weighted by Crippen LogP contribution is 2.04. The van der Waals surface area contributed by atoms with Gasteiger partial charge in [-0.05, 0) is 13.2 Å². The monoisotopic (exact) mass is 215 g/mol. The maximum atomic E-state index is 11.3. The highest BCUT2D eigenvalue weighted by molar-refractivity contribution is 7.98. The van der Waals surface area contributed by atoms with Crippen molar-refractivity contribution >= 4 is 17.7 Å². The standard InChI is InChI=1S/C7H13N5OS/c1-5(7-9-11-12-10-7)8-6(13)3-4-14-2/h5H,3-4H2,1-2H3,(H,8,13)(H,9,10,11,12). The van der Waals surface area contributed by atoms with Crippen LogP contribution in [0.25, 0.3) is 0 Å². The Bertz CT molecular complexity index is 276. The van der Waals surface area contributed by atoms with Crippen molar-refractivity contribution in [1.82, 2.24) is 25.9 Å². The first-order chi connectivity index (χ1) is 6.74. The van der Waals surface area contributed by atoms with Gasteiger partial charge in [0.05, 0.1) is 6.04 Å². The summed E-state index contributed by atoms with van der Waals surface area (Å²) in [5, 5.41) is 16.1. The van der Waals surface area contributed by atoms with Crippen molar-refractivity contribution in [3.05, 3.63) is 5.82 Å². The highest BCUT2D eigenvalue weighted by Gasteiger charge is 2.12. The summed E-state index contributed by atoms with van der Waals surface area (Å²) in [5.74, 6) is 1.34. The molecule has 6 nitrogen and oxygen atoms in total. The molecule has 0 aliphatic heterocycles. The van der Waals surface area contributed by atoms with Crippen molar-refractivity contribution in [2.24, 2.45) is 0 Å². The molecule has 0 bridgehead atoms. The zero-order valence-corrected chi connectivity index (χ0v) is 8.97. The van der Waals surface area contributed by atoms with E-state index in [1.54, 1.807) is 11.8 Å². The van der Waals surface area contributed by atoms with E-state index in [1.807, 2.05) is 13.2 Å². The van der Waals surface area contributed by atoms with Crippen LogP contribution in [0.15, 0.2) is 0 Å². The van der Waals surface area contributed by atoms with E-state index in [0.29, 0.717) is 12.2 Å². The van der Waals surface area contributed by atoms with Crippen LogP contribution in [0.5, 0.6) is 0 Å². The quantitative estimate of drug-likeness (QED) is 0.729. The lowest BCUT2D eigenvalue weighted by Crippen LogP contribution is -2.27. The number of carbonyl (C=O) groups is 1. The second-order valence-corrected chi connectivity index (χ2v) is 3.79. The van der Waals surface area contributed by atoms with Gasteiger partial charge < -0.3 is 5.32 Å². The number of carbonyl (C=O) groups excluding carboxylic acids is 1. The number of nitrogens with zero attached hydrogens (tertiary/aromatic N) is 3. The Morgan fingerprint density at radius 2 is 2.50 bits per heavy atom. The summed E-state index contributed by atoms with van der Waals surface area (Å²) in [4.78, 5) is 11.3. The maximum absolute atomic E-state index is 11.3. The molecule has 0 aromatic carbocycles. The molecule has 0 fully saturated rings. The first kappa shape index (κ1) is 11.0. The van der Waals surface area contributed by atoms with Crippen molar-refractivity contribution in [2.45, 2.75) is 19.4 Å². The van der Waals surface area contributed by atoms with E-state index in [2.05, 4.69) is 25.9 Å². The number of H-pyrrole nitrogens is 1. The topological polar surface area (TPSA) is 83.6 Å². The molecule has 2 N–H and O–H groups in total. The summed E-state index contributed by atoms with van der Waals surface area (Å²) < 4.78 is 0. The minimum atomic E-state index is -0.192. The van der Waals surface area contributed by atoms with Gasteiger partial charge in [-0.15, -0.1) is 10.2 Å². The second-order valence-electron chi connectivity index (χ2n) is 2.80. The van der Waals surface area contributed by atoms with Gasteiger partial charge >= 0.3 is 0 Å². The SMILES string of the molecule is CSCCC(=O)NC(C)c1nn[nH]n1. The molecule has 0 aliphatic carbocycles. The smallest absolute Gasteiger partial charge is 0.221 e. The number of aromatic amines is 1. The van der Waals surface area contributed by atoms with Crippen LogP contribution < -0.4 is 5.32 Å². The van der Waals surface area contributed by atoms with E-state index >= 15 is 0 Å². The van der Waals surface area contributed by atoms with Crippen LogP contribution in [0.3, 0.4) is 0 Å². The zero-order chi connectivity index (χ0) is 10.4. The van der Waals surface area contributed by atoms with E-state index in [0.717, 1.165) is 5.75 Å². The molecular formula is C7H13N5OS. The molecule has 1 atom stereocenters. The van der Waals surface area contributed by atoms with Crippen molar-refractivity contribution in [3.63, 3.8) is 0 Å². The summed E-state index contributed by atoms with van der Waals surface area (Å²) in [6.45, 7) is 1.82. The molecule has 1 aromatic rings. The molecule has 1 heterocycles. The van der Waals surface area contributed by atoms with Gasteiger partial charge in [0.15, 0.2) is 5.82 Å². The predicted octanol–water partition coefficient (Wildman–Crippen LogP) is 0.130. The number of nitrogens with one attached hydrogen (secondary N) is 2. The molecule has 1 aromatic heterocycles. The van der Waals surface area contributed by atoms with Crippen molar-refractivity contribution < 1.29 is 4.79 Å². The molecular weight excluding hydrogens is 202 g/mol. The van der Waals surface area contributed by atoms with Crippen molar-refractivity contribution in [3.8, 4) is 0 Å². The molecule has 0 spiro atoms. The lowest BCUT2D eigenvalue weighted by molar-refractivity contribution is -0.121. The molecule has 0 aliphatic rings. The van der Waals surface area contributed by atoms with Crippen LogP contribution in [0.1, 0.15) is 25.2 Å². The Morgan fingerprint density at radius 3 is 3.07 bits per heavy atom. The fourth-order valence-corrected chi connectivity index (χ4v) is 1.32. The summed E-state index contributed by atoms with van der Waals surface area (Å²) in [6, 6.07) is -0.192. The molecule has 1 amide bonds.